The highest BCUT2D eigenvalue weighted by Crippen LogP contribution is 2.30. The molecule has 0 saturated carbocycles. The van der Waals surface area contributed by atoms with Crippen molar-refractivity contribution in [2.24, 2.45) is 5.73 Å². The fourth-order valence-electron chi connectivity index (χ4n) is 4.58. The summed E-state index contributed by atoms with van der Waals surface area (Å²) in [4.78, 5) is 4.48. The van der Waals surface area contributed by atoms with Gasteiger partial charge in [-0.1, -0.05) is 25.5 Å². The highest BCUT2D eigenvalue weighted by atomic mass is 19.1. The first-order valence-electron chi connectivity index (χ1n) is 12.8. The van der Waals surface area contributed by atoms with Crippen molar-refractivity contribution in [1.29, 1.82) is 0 Å². The molecule has 9 heteroatoms. The van der Waals surface area contributed by atoms with Crippen LogP contribution in [-0.4, -0.2) is 37.0 Å². The van der Waals surface area contributed by atoms with Gasteiger partial charge in [-0.3, -0.25) is 4.68 Å². The number of fused-ring (bicyclic) bond motifs is 2. The van der Waals surface area contributed by atoms with E-state index in [1.165, 1.54) is 18.5 Å². The minimum Gasteiger partial charge on any atom is -0.491 e. The number of hydrogen-bond acceptors (Lipinski definition) is 6. The molecule has 1 atom stereocenters. The summed E-state index contributed by atoms with van der Waals surface area (Å²) in [5.41, 5.74) is 9.60. The molecule has 0 spiro atoms. The van der Waals surface area contributed by atoms with E-state index in [0.717, 1.165) is 65.5 Å². The fraction of sp³-hybridized carbons (Fsp3) is 0.321. The normalized spacial score (nSPS) is 12.3. The monoisotopic (exact) mass is 501 g/mol. The maximum Gasteiger partial charge on any atom is 0.162 e. The number of hydrogen-bond donors (Lipinski definition) is 2. The number of nitrogens with one attached hydrogen (secondary N) is 1. The van der Waals surface area contributed by atoms with Crippen molar-refractivity contribution in [2.45, 2.75) is 51.6 Å². The minimum absolute atomic E-state index is 0.249. The zero-order valence-corrected chi connectivity index (χ0v) is 21.0. The Hall–Kier alpha value is -3.98. The lowest BCUT2D eigenvalue weighted by Crippen LogP contribution is -2.19. The third-order valence-electron chi connectivity index (χ3n) is 6.43. The average molecular weight is 502 g/mol. The molecule has 0 amide bonds. The first-order valence-corrected chi connectivity index (χ1v) is 12.8. The number of anilines is 2. The molecule has 37 heavy (non-hydrogen) atoms. The van der Waals surface area contributed by atoms with Crippen molar-refractivity contribution < 1.29 is 9.13 Å². The predicted octanol–water partition coefficient (Wildman–Crippen LogP) is 5.69. The minimum atomic E-state index is -0.249. The average Bonchev–Trinajstić information content (AvgIpc) is 3.48. The number of aromatic nitrogens is 5. The molecule has 2 aromatic carbocycles. The standard InChI is InChI=1S/C28H32FN7O/c1-2-6-23(30)9-3-4-14-37-26-12-13-35-27(26)28(31-19-33-35)34-24-10-11-25-21(16-24)17-32-36(25)18-20-7-5-8-22(29)15-20/h5,7-8,10-13,15-17,19,23H,2-4,6,9,14,18,30H2,1H3,(H,31,33,34)/t23-/m0/s1. The van der Waals surface area contributed by atoms with E-state index in [0.29, 0.717) is 19.0 Å². The predicted molar refractivity (Wildman–Crippen MR) is 144 cm³/mol. The number of nitrogens with two attached hydrogens (primary N) is 1. The second-order valence-corrected chi connectivity index (χ2v) is 9.31. The largest absolute Gasteiger partial charge is 0.491 e. The van der Waals surface area contributed by atoms with Crippen LogP contribution in [0.15, 0.2) is 67.3 Å². The maximum atomic E-state index is 13.6. The van der Waals surface area contributed by atoms with Gasteiger partial charge in [-0.05, 0) is 61.6 Å². The van der Waals surface area contributed by atoms with Gasteiger partial charge in [-0.2, -0.15) is 10.2 Å². The van der Waals surface area contributed by atoms with E-state index in [4.69, 9.17) is 10.5 Å². The Labute approximate surface area is 215 Å². The molecule has 0 aliphatic rings. The maximum absolute atomic E-state index is 13.6. The van der Waals surface area contributed by atoms with Crippen LogP contribution in [0.3, 0.4) is 0 Å². The second-order valence-electron chi connectivity index (χ2n) is 9.31. The van der Waals surface area contributed by atoms with Crippen molar-refractivity contribution in [3.63, 3.8) is 0 Å². The van der Waals surface area contributed by atoms with Gasteiger partial charge in [0.15, 0.2) is 5.82 Å². The van der Waals surface area contributed by atoms with Gasteiger partial charge in [0, 0.05) is 29.4 Å². The molecule has 5 aromatic rings. The number of halogens is 1. The number of nitrogens with zero attached hydrogens (tertiary/aromatic N) is 5. The smallest absolute Gasteiger partial charge is 0.162 e. The van der Waals surface area contributed by atoms with Gasteiger partial charge < -0.3 is 15.8 Å². The SMILES string of the molecule is CCC[C@H](N)CCCCOc1ccn2ncnc(Nc3ccc4c(cnn4Cc4cccc(F)c4)c3)c12. The molecule has 3 aromatic heterocycles. The highest BCUT2D eigenvalue weighted by molar-refractivity contribution is 5.86. The van der Waals surface area contributed by atoms with Crippen LogP contribution in [0.4, 0.5) is 15.9 Å². The lowest BCUT2D eigenvalue weighted by molar-refractivity contribution is 0.306. The molecule has 3 heterocycles. The Morgan fingerprint density at radius 1 is 1.08 bits per heavy atom. The van der Waals surface area contributed by atoms with Crippen molar-refractivity contribution >= 4 is 27.9 Å². The molecular formula is C28H32FN7O. The first kappa shape index (κ1) is 24.7. The third kappa shape index (κ3) is 5.89. The quantitative estimate of drug-likeness (QED) is 0.213. The molecule has 0 radical (unpaired) electrons. The fourth-order valence-corrected chi connectivity index (χ4v) is 4.58. The van der Waals surface area contributed by atoms with E-state index in [2.05, 4.69) is 27.4 Å². The molecule has 0 bridgehead atoms. The number of ether oxygens (including phenoxy) is 1. The Morgan fingerprint density at radius 2 is 2.00 bits per heavy atom. The van der Waals surface area contributed by atoms with Crippen molar-refractivity contribution in [3.8, 4) is 5.75 Å². The lowest BCUT2D eigenvalue weighted by Gasteiger charge is -2.11. The molecule has 0 fully saturated rings. The van der Waals surface area contributed by atoms with Gasteiger partial charge >= 0.3 is 0 Å². The van der Waals surface area contributed by atoms with Crippen LogP contribution in [0, 0.1) is 5.82 Å². The Bertz CT molecular complexity index is 1480. The molecule has 0 aliphatic carbocycles. The Morgan fingerprint density at radius 3 is 2.86 bits per heavy atom. The van der Waals surface area contributed by atoms with E-state index in [-0.39, 0.29) is 11.9 Å². The number of unbranched alkanes of at least 4 members (excludes halogenated alkanes) is 1. The summed E-state index contributed by atoms with van der Waals surface area (Å²) in [5.74, 6) is 1.15. The van der Waals surface area contributed by atoms with Crippen LogP contribution >= 0.6 is 0 Å². The summed E-state index contributed by atoms with van der Waals surface area (Å²) in [6.07, 6.45) is 10.4. The molecule has 192 valence electrons. The van der Waals surface area contributed by atoms with E-state index in [1.54, 1.807) is 10.6 Å². The van der Waals surface area contributed by atoms with Gasteiger partial charge in [0.1, 0.15) is 23.4 Å². The second kappa shape index (κ2) is 11.4. The van der Waals surface area contributed by atoms with Crippen LogP contribution in [0.25, 0.3) is 16.4 Å². The summed E-state index contributed by atoms with van der Waals surface area (Å²) in [7, 11) is 0. The molecule has 3 N–H and O–H groups in total. The van der Waals surface area contributed by atoms with Crippen LogP contribution in [0.1, 0.15) is 44.6 Å². The van der Waals surface area contributed by atoms with Crippen LogP contribution in [-0.2, 0) is 6.54 Å². The van der Waals surface area contributed by atoms with Crippen LogP contribution in [0.5, 0.6) is 5.75 Å². The summed E-state index contributed by atoms with van der Waals surface area (Å²) in [6.45, 7) is 3.27. The van der Waals surface area contributed by atoms with E-state index >= 15 is 0 Å². The zero-order chi connectivity index (χ0) is 25.6. The molecule has 5 rings (SSSR count). The molecule has 8 nitrogen and oxygen atoms in total. The van der Waals surface area contributed by atoms with Crippen molar-refractivity contribution in [1.82, 2.24) is 24.4 Å². The zero-order valence-electron chi connectivity index (χ0n) is 21.0. The summed E-state index contributed by atoms with van der Waals surface area (Å²) >= 11 is 0. The topological polar surface area (TPSA) is 95.3 Å². The Kier molecular flexibility index (Phi) is 7.60. The first-order chi connectivity index (χ1) is 18.1. The summed E-state index contributed by atoms with van der Waals surface area (Å²) < 4.78 is 23.3. The van der Waals surface area contributed by atoms with Crippen molar-refractivity contribution in [3.05, 3.63) is 78.6 Å². The van der Waals surface area contributed by atoms with Crippen LogP contribution in [0.2, 0.25) is 0 Å². The highest BCUT2D eigenvalue weighted by Gasteiger charge is 2.13. The van der Waals surface area contributed by atoms with E-state index < -0.39 is 0 Å². The van der Waals surface area contributed by atoms with Gasteiger partial charge in [0.2, 0.25) is 0 Å². The number of benzene rings is 2. The summed E-state index contributed by atoms with van der Waals surface area (Å²) in [6, 6.07) is 14.8. The van der Waals surface area contributed by atoms with Gasteiger partial charge in [0.05, 0.1) is 24.9 Å². The van der Waals surface area contributed by atoms with Gasteiger partial charge in [-0.15, -0.1) is 0 Å². The molecule has 0 aliphatic heterocycles. The summed E-state index contributed by atoms with van der Waals surface area (Å²) in [5, 5.41) is 13.2. The molecule has 0 unspecified atom stereocenters. The van der Waals surface area contributed by atoms with Crippen molar-refractivity contribution in [2.75, 3.05) is 11.9 Å². The van der Waals surface area contributed by atoms with Crippen LogP contribution < -0.4 is 15.8 Å². The van der Waals surface area contributed by atoms with Gasteiger partial charge in [0.25, 0.3) is 0 Å². The molecule has 0 saturated heterocycles. The lowest BCUT2D eigenvalue weighted by atomic mass is 10.1. The van der Waals surface area contributed by atoms with E-state index in [1.807, 2.05) is 47.4 Å². The third-order valence-corrected chi connectivity index (χ3v) is 6.43. The molecular weight excluding hydrogens is 469 g/mol. The van der Waals surface area contributed by atoms with Gasteiger partial charge in [-0.25, -0.2) is 13.9 Å². The Balaban J connectivity index is 1.28. The number of rotatable bonds is 12. The van der Waals surface area contributed by atoms with E-state index in [9.17, 15) is 4.39 Å².